The van der Waals surface area contributed by atoms with Gasteiger partial charge in [0.2, 0.25) is 0 Å². The van der Waals surface area contributed by atoms with E-state index >= 15 is 0 Å². The molecule has 2 rings (SSSR count). The maximum atomic E-state index is 12.0. The van der Waals surface area contributed by atoms with Crippen LogP contribution < -0.4 is 10.6 Å². The van der Waals surface area contributed by atoms with Gasteiger partial charge in [0.25, 0.3) is 5.91 Å². The van der Waals surface area contributed by atoms with Gasteiger partial charge in [0.15, 0.2) is 0 Å². The highest BCUT2D eigenvalue weighted by Gasteiger charge is 2.17. The van der Waals surface area contributed by atoms with Crippen molar-refractivity contribution < 1.29 is 4.79 Å². The molecule has 1 amide bonds. The summed E-state index contributed by atoms with van der Waals surface area (Å²) in [5.41, 5.74) is 0.632. The SMILES string of the molecule is CC(C)(C)CNC(=O)c1cn2c(n1)CCNCC2.Cl.Cl. The van der Waals surface area contributed by atoms with Gasteiger partial charge < -0.3 is 15.2 Å². The Morgan fingerprint density at radius 1 is 1.40 bits per heavy atom. The number of rotatable bonds is 2. The van der Waals surface area contributed by atoms with Gasteiger partial charge in [-0.05, 0) is 5.41 Å². The molecule has 7 heteroatoms. The summed E-state index contributed by atoms with van der Waals surface area (Å²) >= 11 is 0. The fraction of sp³-hybridized carbons (Fsp3) is 0.692. The third-order valence-corrected chi connectivity index (χ3v) is 2.93. The molecule has 1 aromatic rings. The van der Waals surface area contributed by atoms with Crippen LogP contribution in [-0.2, 0) is 13.0 Å². The molecule has 0 fully saturated rings. The van der Waals surface area contributed by atoms with Crippen LogP contribution in [0, 0.1) is 5.41 Å². The Morgan fingerprint density at radius 2 is 2.10 bits per heavy atom. The van der Waals surface area contributed by atoms with Gasteiger partial charge in [-0.25, -0.2) is 4.98 Å². The number of nitrogens with zero attached hydrogens (tertiary/aromatic N) is 2. The van der Waals surface area contributed by atoms with Crippen LogP contribution >= 0.6 is 24.8 Å². The van der Waals surface area contributed by atoms with Gasteiger partial charge in [0.1, 0.15) is 11.5 Å². The number of amides is 1. The number of hydrogen-bond donors (Lipinski definition) is 2. The predicted molar refractivity (Wildman–Crippen MR) is 85.1 cm³/mol. The average Bonchev–Trinajstić information content (AvgIpc) is 2.57. The van der Waals surface area contributed by atoms with Crippen LogP contribution in [0.3, 0.4) is 0 Å². The molecule has 2 heterocycles. The lowest BCUT2D eigenvalue weighted by molar-refractivity contribution is 0.0934. The van der Waals surface area contributed by atoms with E-state index in [2.05, 4.69) is 41.0 Å². The van der Waals surface area contributed by atoms with E-state index in [-0.39, 0.29) is 36.1 Å². The zero-order valence-electron chi connectivity index (χ0n) is 12.2. The number of nitrogens with one attached hydrogen (secondary N) is 2. The Morgan fingerprint density at radius 3 is 2.75 bits per heavy atom. The highest BCUT2D eigenvalue weighted by molar-refractivity contribution is 5.92. The molecule has 1 aliphatic heterocycles. The van der Waals surface area contributed by atoms with Crippen LogP contribution in [0.4, 0.5) is 0 Å². The highest BCUT2D eigenvalue weighted by Crippen LogP contribution is 2.11. The first-order valence-corrected chi connectivity index (χ1v) is 6.51. The predicted octanol–water partition coefficient (Wildman–Crippen LogP) is 1.65. The van der Waals surface area contributed by atoms with E-state index < -0.39 is 0 Å². The second-order valence-electron chi connectivity index (χ2n) is 5.98. The van der Waals surface area contributed by atoms with E-state index in [0.717, 1.165) is 31.9 Å². The molecule has 0 unspecified atom stereocenters. The Hall–Kier alpha value is -0.780. The van der Waals surface area contributed by atoms with E-state index in [4.69, 9.17) is 0 Å². The van der Waals surface area contributed by atoms with Gasteiger partial charge in [0, 0.05) is 38.8 Å². The fourth-order valence-electron chi connectivity index (χ4n) is 1.92. The zero-order valence-corrected chi connectivity index (χ0v) is 13.9. The molecule has 0 aliphatic carbocycles. The first kappa shape index (κ1) is 19.2. The van der Waals surface area contributed by atoms with Crippen LogP contribution in [0.15, 0.2) is 6.20 Å². The molecule has 0 radical (unpaired) electrons. The van der Waals surface area contributed by atoms with Crippen LogP contribution in [-0.4, -0.2) is 35.1 Å². The minimum absolute atomic E-state index is 0. The normalized spacial score (nSPS) is 14.3. The summed E-state index contributed by atoms with van der Waals surface area (Å²) in [5.74, 6) is 0.930. The lowest BCUT2D eigenvalue weighted by Crippen LogP contribution is -2.32. The minimum Gasteiger partial charge on any atom is -0.350 e. The van der Waals surface area contributed by atoms with Gasteiger partial charge in [-0.3, -0.25) is 4.79 Å². The number of fused-ring (bicyclic) bond motifs is 1. The molecule has 0 saturated heterocycles. The number of carbonyl (C=O) groups is 1. The van der Waals surface area contributed by atoms with Crippen molar-refractivity contribution in [3.8, 4) is 0 Å². The second kappa shape index (κ2) is 7.86. The summed E-state index contributed by atoms with van der Waals surface area (Å²) in [6.07, 6.45) is 2.74. The largest absolute Gasteiger partial charge is 0.350 e. The molecule has 0 atom stereocenters. The molecular weight excluding hydrogens is 299 g/mol. The summed E-state index contributed by atoms with van der Waals surface area (Å²) in [4.78, 5) is 16.4. The lowest BCUT2D eigenvalue weighted by atomic mass is 9.97. The molecule has 2 N–H and O–H groups in total. The van der Waals surface area contributed by atoms with Crippen LogP contribution in [0.25, 0.3) is 0 Å². The maximum absolute atomic E-state index is 12.0. The Labute approximate surface area is 132 Å². The molecule has 116 valence electrons. The third kappa shape index (κ3) is 5.31. The van der Waals surface area contributed by atoms with Crippen LogP contribution in [0.2, 0.25) is 0 Å². The smallest absolute Gasteiger partial charge is 0.271 e. The topological polar surface area (TPSA) is 59.0 Å². The molecule has 5 nitrogen and oxygen atoms in total. The van der Waals surface area contributed by atoms with Crippen molar-refractivity contribution in [3.05, 3.63) is 17.7 Å². The fourth-order valence-corrected chi connectivity index (χ4v) is 1.92. The number of halogens is 2. The number of aromatic nitrogens is 2. The maximum Gasteiger partial charge on any atom is 0.271 e. The van der Waals surface area contributed by atoms with E-state index in [0.29, 0.717) is 12.2 Å². The minimum atomic E-state index is -0.0709. The van der Waals surface area contributed by atoms with Gasteiger partial charge in [-0.2, -0.15) is 0 Å². The Bertz CT molecular complexity index is 417. The van der Waals surface area contributed by atoms with E-state index in [1.165, 1.54) is 0 Å². The molecule has 0 bridgehead atoms. The molecule has 0 saturated carbocycles. The van der Waals surface area contributed by atoms with Crippen molar-refractivity contribution in [2.75, 3.05) is 19.6 Å². The van der Waals surface area contributed by atoms with Gasteiger partial charge in [-0.15, -0.1) is 24.8 Å². The number of hydrogen-bond acceptors (Lipinski definition) is 3. The quantitative estimate of drug-likeness (QED) is 0.870. The molecule has 1 aliphatic rings. The van der Waals surface area contributed by atoms with Gasteiger partial charge in [-0.1, -0.05) is 20.8 Å². The van der Waals surface area contributed by atoms with Crippen LogP contribution in [0.5, 0.6) is 0 Å². The summed E-state index contributed by atoms with van der Waals surface area (Å²) in [6.45, 7) is 9.71. The standard InChI is InChI=1S/C13H22N4O.2ClH/c1-13(2,3)9-15-12(18)10-8-17-7-6-14-5-4-11(17)16-10;;/h8,14H,4-7,9H2,1-3H3,(H,15,18);2*1H. The van der Waals surface area contributed by atoms with E-state index in [1.54, 1.807) is 0 Å². The lowest BCUT2D eigenvalue weighted by Gasteiger charge is -2.18. The highest BCUT2D eigenvalue weighted by atomic mass is 35.5. The van der Waals surface area contributed by atoms with Crippen molar-refractivity contribution in [1.29, 1.82) is 0 Å². The molecule has 0 spiro atoms. The van der Waals surface area contributed by atoms with Crippen molar-refractivity contribution in [2.45, 2.75) is 33.7 Å². The zero-order chi connectivity index (χ0) is 13.2. The van der Waals surface area contributed by atoms with Gasteiger partial charge >= 0.3 is 0 Å². The first-order valence-electron chi connectivity index (χ1n) is 6.51. The number of imidazole rings is 1. The van der Waals surface area contributed by atoms with Gasteiger partial charge in [0.05, 0.1) is 0 Å². The van der Waals surface area contributed by atoms with Crippen molar-refractivity contribution in [1.82, 2.24) is 20.2 Å². The molecule has 0 aromatic carbocycles. The Balaban J connectivity index is 0.00000180. The van der Waals surface area contributed by atoms with Crippen molar-refractivity contribution in [3.63, 3.8) is 0 Å². The summed E-state index contributed by atoms with van der Waals surface area (Å²) < 4.78 is 2.08. The van der Waals surface area contributed by atoms with E-state index in [1.807, 2.05) is 6.20 Å². The summed E-state index contributed by atoms with van der Waals surface area (Å²) in [7, 11) is 0. The monoisotopic (exact) mass is 322 g/mol. The molecular formula is C13H24Cl2N4O. The molecule has 1 aromatic heterocycles. The third-order valence-electron chi connectivity index (χ3n) is 2.93. The van der Waals surface area contributed by atoms with Crippen molar-refractivity contribution in [2.24, 2.45) is 5.41 Å². The van der Waals surface area contributed by atoms with E-state index in [9.17, 15) is 4.79 Å². The molecule has 20 heavy (non-hydrogen) atoms. The average molecular weight is 323 g/mol. The Kier molecular flexibility index (Phi) is 7.55. The van der Waals surface area contributed by atoms with Crippen LogP contribution in [0.1, 0.15) is 37.1 Å². The summed E-state index contributed by atoms with van der Waals surface area (Å²) in [6, 6.07) is 0. The van der Waals surface area contributed by atoms with Crippen molar-refractivity contribution >= 4 is 30.7 Å². The first-order chi connectivity index (χ1) is 8.46. The number of carbonyl (C=O) groups excluding carboxylic acids is 1. The summed E-state index contributed by atoms with van der Waals surface area (Å²) in [5, 5.41) is 6.25. The second-order valence-corrected chi connectivity index (χ2v) is 5.98.